The lowest BCUT2D eigenvalue weighted by molar-refractivity contribution is 0.538. The van der Waals surface area contributed by atoms with Crippen molar-refractivity contribution in [2.45, 2.75) is 34.1 Å². The zero-order chi connectivity index (χ0) is 10.6. The van der Waals surface area contributed by atoms with Crippen LogP contribution in [0, 0.1) is 5.41 Å². The Balaban J connectivity index is 2.67. The van der Waals surface area contributed by atoms with E-state index in [1.165, 1.54) is 11.1 Å². The summed E-state index contributed by atoms with van der Waals surface area (Å²) in [5.74, 6) is 0. The zero-order valence-corrected chi connectivity index (χ0v) is 9.67. The molecule has 0 fully saturated rings. The third-order valence-corrected chi connectivity index (χ3v) is 2.01. The van der Waals surface area contributed by atoms with Gasteiger partial charge in [-0.1, -0.05) is 62.8 Å². The zero-order valence-electron chi connectivity index (χ0n) is 9.67. The maximum atomic E-state index is 2.35. The Hall–Kier alpha value is -1.04. The summed E-state index contributed by atoms with van der Waals surface area (Å²) < 4.78 is 0. The molecule has 0 aromatic heterocycles. The molecule has 0 N–H and O–H groups in total. The van der Waals surface area contributed by atoms with Crippen molar-refractivity contribution in [2.75, 3.05) is 0 Å². The number of benzene rings is 1. The summed E-state index contributed by atoms with van der Waals surface area (Å²) in [6.45, 7) is 8.92. The van der Waals surface area contributed by atoms with Gasteiger partial charge in [-0.15, -0.1) is 0 Å². The highest BCUT2D eigenvalue weighted by Crippen LogP contribution is 2.19. The summed E-state index contributed by atoms with van der Waals surface area (Å²) in [5, 5.41) is 0. The van der Waals surface area contributed by atoms with Gasteiger partial charge in [-0.2, -0.15) is 0 Å². The van der Waals surface area contributed by atoms with E-state index in [1.807, 2.05) is 0 Å². The van der Waals surface area contributed by atoms with E-state index in [0.717, 1.165) is 6.42 Å². The number of allylic oxidation sites excluding steroid dienone is 2. The van der Waals surface area contributed by atoms with Crippen LogP contribution in [-0.4, -0.2) is 0 Å². The minimum absolute atomic E-state index is 0.291. The van der Waals surface area contributed by atoms with Crippen LogP contribution in [0.4, 0.5) is 0 Å². The summed E-state index contributed by atoms with van der Waals surface area (Å²) >= 11 is 0. The predicted molar refractivity (Wildman–Crippen MR) is 63.4 cm³/mol. The van der Waals surface area contributed by atoms with E-state index in [-0.39, 0.29) is 0 Å². The lowest BCUT2D eigenvalue weighted by Crippen LogP contribution is -2.01. The van der Waals surface area contributed by atoms with Crippen LogP contribution in [0.2, 0.25) is 0 Å². The molecule has 14 heavy (non-hydrogen) atoms. The van der Waals surface area contributed by atoms with Gasteiger partial charge in [0.15, 0.2) is 0 Å². The second kappa shape index (κ2) is 4.45. The van der Waals surface area contributed by atoms with Gasteiger partial charge in [-0.3, -0.25) is 0 Å². The van der Waals surface area contributed by atoms with Crippen molar-refractivity contribution in [1.29, 1.82) is 0 Å². The third kappa shape index (κ3) is 4.27. The molecular formula is C14H20. The molecule has 0 heteroatoms. The average Bonchev–Trinajstić information content (AvgIpc) is 2.02. The van der Waals surface area contributed by atoms with E-state index in [4.69, 9.17) is 0 Å². The van der Waals surface area contributed by atoms with Crippen LogP contribution >= 0.6 is 0 Å². The molecule has 76 valence electrons. The van der Waals surface area contributed by atoms with E-state index in [9.17, 15) is 0 Å². The van der Waals surface area contributed by atoms with E-state index in [1.54, 1.807) is 0 Å². The molecule has 0 saturated heterocycles. The third-order valence-electron chi connectivity index (χ3n) is 2.01. The first-order valence-corrected chi connectivity index (χ1v) is 5.20. The van der Waals surface area contributed by atoms with E-state index in [2.05, 4.69) is 64.1 Å². The Bertz CT molecular complexity index is 299. The number of hydrogen-bond acceptors (Lipinski definition) is 0. The summed E-state index contributed by atoms with van der Waals surface area (Å²) in [5.41, 5.74) is 3.13. The number of hydrogen-bond donors (Lipinski definition) is 0. The Morgan fingerprint density at radius 2 is 1.71 bits per heavy atom. The summed E-state index contributed by atoms with van der Waals surface area (Å²) in [6.07, 6.45) is 3.41. The molecule has 0 unspecified atom stereocenters. The predicted octanol–water partition coefficient (Wildman–Crippen LogP) is 4.22. The van der Waals surface area contributed by atoms with Crippen LogP contribution in [-0.2, 0) is 6.42 Å². The van der Waals surface area contributed by atoms with Crippen LogP contribution in [0.1, 0.15) is 33.3 Å². The fraction of sp³-hybridized carbons (Fsp3) is 0.429. The molecule has 0 atom stereocenters. The highest BCUT2D eigenvalue weighted by atomic mass is 14.1. The lowest BCUT2D eigenvalue weighted by Gasteiger charge is -2.14. The monoisotopic (exact) mass is 188 g/mol. The van der Waals surface area contributed by atoms with E-state index >= 15 is 0 Å². The first-order chi connectivity index (χ1) is 6.47. The Labute approximate surface area is 87.7 Å². The van der Waals surface area contributed by atoms with Gasteiger partial charge >= 0.3 is 0 Å². The van der Waals surface area contributed by atoms with Crippen molar-refractivity contribution in [3.05, 3.63) is 47.5 Å². The minimum atomic E-state index is 0.291. The van der Waals surface area contributed by atoms with Gasteiger partial charge in [0.05, 0.1) is 0 Å². The molecule has 0 amide bonds. The average molecular weight is 188 g/mol. The maximum absolute atomic E-state index is 2.35. The quantitative estimate of drug-likeness (QED) is 0.609. The van der Waals surface area contributed by atoms with Crippen molar-refractivity contribution in [3.8, 4) is 0 Å². The molecule has 0 nitrogen and oxygen atoms in total. The first kappa shape index (κ1) is 11.0. The first-order valence-electron chi connectivity index (χ1n) is 5.20. The fourth-order valence-electron chi connectivity index (χ4n) is 1.71. The highest BCUT2D eigenvalue weighted by molar-refractivity contribution is 5.21. The van der Waals surface area contributed by atoms with Gasteiger partial charge in [0.2, 0.25) is 0 Å². The molecular weight excluding hydrogens is 168 g/mol. The highest BCUT2D eigenvalue weighted by Gasteiger charge is 2.06. The minimum Gasteiger partial charge on any atom is -0.0799 e. The molecule has 0 spiro atoms. The number of rotatable bonds is 2. The van der Waals surface area contributed by atoms with E-state index < -0.39 is 0 Å². The molecule has 1 aromatic rings. The van der Waals surface area contributed by atoms with Crippen molar-refractivity contribution in [2.24, 2.45) is 5.41 Å². The molecule has 0 saturated carbocycles. The Kier molecular flexibility index (Phi) is 3.51. The maximum Gasteiger partial charge on any atom is -0.00697 e. The molecule has 0 aliphatic rings. The lowest BCUT2D eigenvalue weighted by atomic mass is 9.92. The van der Waals surface area contributed by atoms with Crippen molar-refractivity contribution in [1.82, 2.24) is 0 Å². The largest absolute Gasteiger partial charge is 0.0799 e. The SMILES string of the molecule is C/C(=C\C(C)(C)C)Cc1ccccc1. The van der Waals surface area contributed by atoms with Crippen LogP contribution in [0.15, 0.2) is 42.0 Å². The summed E-state index contributed by atoms with van der Waals surface area (Å²) in [4.78, 5) is 0. The van der Waals surface area contributed by atoms with Crippen LogP contribution in [0.25, 0.3) is 0 Å². The molecule has 0 radical (unpaired) electrons. The topological polar surface area (TPSA) is 0 Å². The molecule has 0 heterocycles. The standard InChI is InChI=1S/C14H20/c1-12(11-14(2,3)4)10-13-8-6-5-7-9-13/h5-9,11H,10H2,1-4H3/b12-11+. The Morgan fingerprint density at radius 1 is 1.14 bits per heavy atom. The van der Waals surface area contributed by atoms with Gasteiger partial charge in [-0.25, -0.2) is 0 Å². The smallest absolute Gasteiger partial charge is 0.00697 e. The van der Waals surface area contributed by atoms with E-state index in [0.29, 0.717) is 5.41 Å². The van der Waals surface area contributed by atoms with Gasteiger partial charge < -0.3 is 0 Å². The normalized spacial score (nSPS) is 13.0. The van der Waals surface area contributed by atoms with Crippen molar-refractivity contribution >= 4 is 0 Å². The van der Waals surface area contributed by atoms with Gasteiger partial charge in [0.25, 0.3) is 0 Å². The second-order valence-electron chi connectivity index (χ2n) is 5.02. The molecule has 0 bridgehead atoms. The summed E-state index contributed by atoms with van der Waals surface area (Å²) in [6, 6.07) is 10.6. The molecule has 0 aliphatic heterocycles. The Morgan fingerprint density at radius 3 is 2.21 bits per heavy atom. The second-order valence-corrected chi connectivity index (χ2v) is 5.02. The van der Waals surface area contributed by atoms with Gasteiger partial charge in [0, 0.05) is 0 Å². The van der Waals surface area contributed by atoms with Gasteiger partial charge in [-0.05, 0) is 24.3 Å². The molecule has 1 aromatic carbocycles. The van der Waals surface area contributed by atoms with Gasteiger partial charge in [0.1, 0.15) is 0 Å². The van der Waals surface area contributed by atoms with Crippen molar-refractivity contribution in [3.63, 3.8) is 0 Å². The molecule has 1 rings (SSSR count). The molecule has 0 aliphatic carbocycles. The van der Waals surface area contributed by atoms with Crippen LogP contribution < -0.4 is 0 Å². The van der Waals surface area contributed by atoms with Crippen LogP contribution in [0.3, 0.4) is 0 Å². The fourth-order valence-corrected chi connectivity index (χ4v) is 1.71. The summed E-state index contributed by atoms with van der Waals surface area (Å²) in [7, 11) is 0. The van der Waals surface area contributed by atoms with Crippen LogP contribution in [0.5, 0.6) is 0 Å². The van der Waals surface area contributed by atoms with Crippen molar-refractivity contribution < 1.29 is 0 Å².